The van der Waals surface area contributed by atoms with Crippen molar-refractivity contribution >= 4 is 5.97 Å². The molecule has 0 spiro atoms. The predicted molar refractivity (Wildman–Crippen MR) is 47.4 cm³/mol. The van der Waals surface area contributed by atoms with Gasteiger partial charge in [0.1, 0.15) is 0 Å². The van der Waals surface area contributed by atoms with E-state index in [0.29, 0.717) is 5.57 Å². The lowest BCUT2D eigenvalue weighted by molar-refractivity contribution is -0.137. The number of carbonyl (C=O) groups excluding carboxylic acids is 1. The van der Waals surface area contributed by atoms with Gasteiger partial charge in [0.15, 0.2) is 6.61 Å². The number of ether oxygens (including phenoxy) is 1. The highest BCUT2D eigenvalue weighted by Gasteiger charge is 2.02. The fourth-order valence-corrected chi connectivity index (χ4v) is 0.641. The van der Waals surface area contributed by atoms with Crippen LogP contribution in [0.4, 0.5) is 0 Å². The second kappa shape index (κ2) is 5.23. The number of carbonyl (C=O) groups is 1. The summed E-state index contributed by atoms with van der Waals surface area (Å²) in [5.41, 5.74) is 4.23. The van der Waals surface area contributed by atoms with Crippen molar-refractivity contribution in [1.82, 2.24) is 0 Å². The van der Waals surface area contributed by atoms with Crippen molar-refractivity contribution in [2.75, 3.05) is 6.61 Å². The van der Waals surface area contributed by atoms with Gasteiger partial charge in [-0.3, -0.25) is 0 Å². The van der Waals surface area contributed by atoms with Crippen molar-refractivity contribution in [2.45, 2.75) is 20.8 Å². The van der Waals surface area contributed by atoms with Crippen LogP contribution in [0.15, 0.2) is 16.9 Å². The predicted octanol–water partition coefficient (Wildman–Crippen LogP) is 1.67. The van der Waals surface area contributed by atoms with Gasteiger partial charge in [0.05, 0.1) is 5.57 Å². The lowest BCUT2D eigenvalue weighted by Crippen LogP contribution is -2.04. The molecule has 0 heterocycles. The quantitative estimate of drug-likeness (QED) is 0.268. The van der Waals surface area contributed by atoms with Crippen LogP contribution in [-0.4, -0.2) is 12.6 Å². The van der Waals surface area contributed by atoms with Crippen LogP contribution in [-0.2, 0) is 9.53 Å². The van der Waals surface area contributed by atoms with E-state index in [4.69, 9.17) is 6.42 Å². The molecule has 12 heavy (non-hydrogen) atoms. The van der Waals surface area contributed by atoms with Crippen LogP contribution in [0, 0.1) is 12.3 Å². The van der Waals surface area contributed by atoms with E-state index < -0.39 is 5.97 Å². The molecule has 0 aliphatic heterocycles. The molecule has 0 unspecified atom stereocenters. The lowest BCUT2D eigenvalue weighted by atomic mass is 10.2. The van der Waals surface area contributed by atoms with Gasteiger partial charge in [-0.15, -0.1) is 12.2 Å². The molecule has 2 heteroatoms. The molecular formula is C10H12O2. The maximum absolute atomic E-state index is 11.0. The molecule has 0 radical (unpaired) electrons. The Morgan fingerprint density at radius 2 is 2.00 bits per heavy atom. The number of hydrogen-bond donors (Lipinski definition) is 0. The summed E-state index contributed by atoms with van der Waals surface area (Å²) in [5, 5.41) is 0. The van der Waals surface area contributed by atoms with Crippen LogP contribution >= 0.6 is 0 Å². The lowest BCUT2D eigenvalue weighted by Gasteiger charge is -1.97. The fraction of sp³-hybridized carbons (Fsp3) is 0.400. The Morgan fingerprint density at radius 1 is 1.42 bits per heavy atom. The van der Waals surface area contributed by atoms with E-state index in [0.717, 1.165) is 5.57 Å². The Balaban J connectivity index is 4.33. The average Bonchev–Trinajstić information content (AvgIpc) is 1.98. The summed E-state index contributed by atoms with van der Waals surface area (Å²) in [7, 11) is 0. The molecule has 64 valence electrons. The zero-order chi connectivity index (χ0) is 9.56. The van der Waals surface area contributed by atoms with Gasteiger partial charge in [-0.05, 0) is 26.3 Å². The number of terminal acetylenes is 1. The van der Waals surface area contributed by atoms with Crippen molar-refractivity contribution in [3.63, 3.8) is 0 Å². The largest absolute Gasteiger partial charge is 0.449 e. The fourth-order valence-electron chi connectivity index (χ4n) is 0.641. The maximum atomic E-state index is 11.0. The molecule has 0 amide bonds. The first-order valence-corrected chi connectivity index (χ1v) is 3.59. The zero-order valence-electron chi connectivity index (χ0n) is 7.60. The summed E-state index contributed by atoms with van der Waals surface area (Å²) in [4.78, 5) is 11.0. The van der Waals surface area contributed by atoms with Crippen LogP contribution in [0.1, 0.15) is 20.8 Å². The Kier molecular flexibility index (Phi) is 4.60. The molecule has 0 aromatic heterocycles. The number of hydrogen-bond acceptors (Lipinski definition) is 2. The normalized spacial score (nSPS) is 7.83. The van der Waals surface area contributed by atoms with E-state index >= 15 is 0 Å². The summed E-state index contributed by atoms with van der Waals surface area (Å²) in [5.74, 6) is 1.81. The second-order valence-electron chi connectivity index (χ2n) is 2.53. The monoisotopic (exact) mass is 164 g/mol. The smallest absolute Gasteiger partial charge is 0.342 e. The van der Waals surface area contributed by atoms with Crippen molar-refractivity contribution in [2.24, 2.45) is 0 Å². The molecule has 0 aliphatic rings. The minimum Gasteiger partial charge on any atom is -0.449 e. The third-order valence-electron chi connectivity index (χ3n) is 1.03. The van der Waals surface area contributed by atoms with Gasteiger partial charge in [0, 0.05) is 0 Å². The second-order valence-corrected chi connectivity index (χ2v) is 2.53. The highest BCUT2D eigenvalue weighted by molar-refractivity contribution is 5.87. The Morgan fingerprint density at radius 3 is 2.42 bits per heavy atom. The van der Waals surface area contributed by atoms with Crippen LogP contribution in [0.3, 0.4) is 0 Å². The van der Waals surface area contributed by atoms with Gasteiger partial charge in [-0.25, -0.2) is 4.79 Å². The topological polar surface area (TPSA) is 26.3 Å². The molecule has 0 bridgehead atoms. The molecular weight excluding hydrogens is 152 g/mol. The van der Waals surface area contributed by atoms with Gasteiger partial charge < -0.3 is 4.74 Å². The van der Waals surface area contributed by atoms with Crippen LogP contribution < -0.4 is 0 Å². The summed E-state index contributed by atoms with van der Waals surface area (Å²) < 4.78 is 4.67. The van der Waals surface area contributed by atoms with Crippen molar-refractivity contribution < 1.29 is 9.53 Å². The van der Waals surface area contributed by atoms with Crippen molar-refractivity contribution in [3.05, 3.63) is 16.9 Å². The Labute approximate surface area is 72.9 Å². The highest BCUT2D eigenvalue weighted by Crippen LogP contribution is 1.96. The molecule has 0 aromatic carbocycles. The third kappa shape index (κ3) is 4.38. The minimum atomic E-state index is -0.408. The van der Waals surface area contributed by atoms with Crippen LogP contribution in [0.25, 0.3) is 0 Å². The molecule has 0 aromatic rings. The SMILES string of the molecule is C#CCOC(=O)C(C)=C=C(C)C. The van der Waals surface area contributed by atoms with Crippen molar-refractivity contribution in [1.29, 1.82) is 0 Å². The first-order valence-electron chi connectivity index (χ1n) is 3.59. The van der Waals surface area contributed by atoms with E-state index in [9.17, 15) is 4.79 Å². The number of rotatable bonds is 2. The summed E-state index contributed by atoms with van der Waals surface area (Å²) in [6.07, 6.45) is 4.92. The summed E-state index contributed by atoms with van der Waals surface area (Å²) in [6, 6.07) is 0. The Hall–Kier alpha value is -1.45. The first kappa shape index (κ1) is 10.6. The molecule has 0 N–H and O–H groups in total. The van der Waals surface area contributed by atoms with Gasteiger partial charge in [-0.1, -0.05) is 5.92 Å². The van der Waals surface area contributed by atoms with E-state index in [2.05, 4.69) is 16.4 Å². The third-order valence-corrected chi connectivity index (χ3v) is 1.03. The molecule has 0 saturated heterocycles. The Bertz CT molecular complexity index is 269. The molecule has 0 fully saturated rings. The summed E-state index contributed by atoms with van der Waals surface area (Å²) >= 11 is 0. The number of esters is 1. The molecule has 2 nitrogen and oxygen atoms in total. The van der Waals surface area contributed by atoms with Gasteiger partial charge in [0.2, 0.25) is 0 Å². The van der Waals surface area contributed by atoms with Gasteiger partial charge in [-0.2, -0.15) is 0 Å². The maximum Gasteiger partial charge on any atom is 0.342 e. The van der Waals surface area contributed by atoms with Gasteiger partial charge >= 0.3 is 5.97 Å². The standard InChI is InChI=1S/C10H12O2/c1-5-6-12-10(11)9(4)7-8(2)3/h1H,6H2,2-4H3. The van der Waals surface area contributed by atoms with Gasteiger partial charge in [0.25, 0.3) is 0 Å². The van der Waals surface area contributed by atoms with Crippen LogP contribution in [0.2, 0.25) is 0 Å². The zero-order valence-corrected chi connectivity index (χ0v) is 7.60. The first-order chi connectivity index (χ1) is 5.57. The van der Waals surface area contributed by atoms with E-state index in [1.807, 2.05) is 13.8 Å². The molecule has 0 aliphatic carbocycles. The minimum absolute atomic E-state index is 0.0145. The molecule has 0 atom stereocenters. The van der Waals surface area contributed by atoms with E-state index in [-0.39, 0.29) is 6.61 Å². The van der Waals surface area contributed by atoms with Crippen molar-refractivity contribution in [3.8, 4) is 12.3 Å². The molecule has 0 saturated carbocycles. The average molecular weight is 164 g/mol. The summed E-state index contributed by atoms with van der Waals surface area (Å²) in [6.45, 7) is 5.38. The highest BCUT2D eigenvalue weighted by atomic mass is 16.5. The van der Waals surface area contributed by atoms with E-state index in [1.54, 1.807) is 6.92 Å². The van der Waals surface area contributed by atoms with Crippen LogP contribution in [0.5, 0.6) is 0 Å². The molecule has 0 rings (SSSR count). The van der Waals surface area contributed by atoms with E-state index in [1.165, 1.54) is 0 Å².